The lowest BCUT2D eigenvalue weighted by Crippen LogP contribution is -2.37. The molecule has 6 heteroatoms. The lowest BCUT2D eigenvalue weighted by atomic mass is 10.2. The fourth-order valence-corrected chi connectivity index (χ4v) is 1.54. The second-order valence-electron chi connectivity index (χ2n) is 4.11. The van der Waals surface area contributed by atoms with Crippen LogP contribution in [-0.2, 0) is 11.3 Å². The molecule has 0 atom stereocenters. The molecule has 0 aliphatic rings. The van der Waals surface area contributed by atoms with Crippen molar-refractivity contribution in [2.75, 3.05) is 13.7 Å². The highest BCUT2D eigenvalue weighted by Gasteiger charge is 2.21. The number of hydrogen-bond donors (Lipinski definition) is 0. The van der Waals surface area contributed by atoms with Gasteiger partial charge in [-0.25, -0.2) is 0 Å². The molecule has 0 saturated carbocycles. The van der Waals surface area contributed by atoms with Gasteiger partial charge in [0.2, 0.25) is 0 Å². The van der Waals surface area contributed by atoms with Crippen LogP contribution in [0.3, 0.4) is 0 Å². The maximum atomic E-state index is 12.2. The van der Waals surface area contributed by atoms with Gasteiger partial charge in [-0.05, 0) is 13.8 Å². The number of aromatic nitrogens is 1. The third kappa shape index (κ3) is 3.57. The van der Waals surface area contributed by atoms with Crippen molar-refractivity contribution in [2.24, 2.45) is 0 Å². The van der Waals surface area contributed by atoms with E-state index in [-0.39, 0.29) is 24.2 Å². The number of rotatable bonds is 6. The minimum absolute atomic E-state index is 0.00780. The summed E-state index contributed by atoms with van der Waals surface area (Å²) in [5.74, 6) is 0.274. The summed E-state index contributed by atoms with van der Waals surface area (Å²) in [5, 5.41) is 12.3. The largest absolute Gasteiger partial charge is 0.377 e. The van der Waals surface area contributed by atoms with Crippen molar-refractivity contribution >= 4 is 5.91 Å². The number of ether oxygens (including phenoxy) is 1. The first kappa shape index (κ1) is 14.2. The van der Waals surface area contributed by atoms with E-state index in [1.807, 2.05) is 19.9 Å². The first-order valence-corrected chi connectivity index (χ1v) is 5.72. The monoisotopic (exact) mass is 251 g/mol. The zero-order chi connectivity index (χ0) is 13.5. The maximum Gasteiger partial charge on any atom is 0.276 e. The smallest absolute Gasteiger partial charge is 0.276 e. The molecule has 1 heterocycles. The molecule has 0 aliphatic carbocycles. The molecule has 1 rings (SSSR count). The van der Waals surface area contributed by atoms with Gasteiger partial charge in [-0.1, -0.05) is 5.16 Å². The number of amides is 1. The number of nitrogens with zero attached hydrogens (tertiary/aromatic N) is 3. The van der Waals surface area contributed by atoms with Crippen molar-refractivity contribution in [2.45, 2.75) is 32.9 Å². The summed E-state index contributed by atoms with van der Waals surface area (Å²) in [7, 11) is 1.54. The fourth-order valence-electron chi connectivity index (χ4n) is 1.54. The zero-order valence-electron chi connectivity index (χ0n) is 10.8. The summed E-state index contributed by atoms with van der Waals surface area (Å²) in [5.41, 5.74) is 0.244. The summed E-state index contributed by atoms with van der Waals surface area (Å²) in [6.45, 7) is 4.45. The molecule has 98 valence electrons. The molecule has 0 bridgehead atoms. The molecule has 6 nitrogen and oxygen atoms in total. The first-order chi connectivity index (χ1) is 8.60. The average molecular weight is 251 g/mol. The SMILES string of the molecule is COCc1cc(C(=O)N(CCC#N)C(C)C)no1. The minimum atomic E-state index is -0.230. The number of nitriles is 1. The summed E-state index contributed by atoms with van der Waals surface area (Å²) in [6.07, 6.45) is 0.298. The van der Waals surface area contributed by atoms with Crippen molar-refractivity contribution in [3.63, 3.8) is 0 Å². The summed E-state index contributed by atoms with van der Waals surface area (Å²) in [4.78, 5) is 13.8. The normalized spacial score (nSPS) is 10.4. The molecule has 0 radical (unpaired) electrons. The van der Waals surface area contributed by atoms with E-state index < -0.39 is 0 Å². The highest BCUT2D eigenvalue weighted by Crippen LogP contribution is 2.10. The minimum Gasteiger partial charge on any atom is -0.377 e. The van der Waals surface area contributed by atoms with Gasteiger partial charge >= 0.3 is 0 Å². The van der Waals surface area contributed by atoms with E-state index in [0.717, 1.165) is 0 Å². The average Bonchev–Trinajstić information content (AvgIpc) is 2.78. The summed E-state index contributed by atoms with van der Waals surface area (Å²) in [6, 6.07) is 3.60. The lowest BCUT2D eigenvalue weighted by Gasteiger charge is -2.24. The fraction of sp³-hybridized carbons (Fsp3) is 0.583. The van der Waals surface area contributed by atoms with E-state index in [2.05, 4.69) is 5.16 Å². The van der Waals surface area contributed by atoms with E-state index in [1.165, 1.54) is 7.11 Å². The van der Waals surface area contributed by atoms with Crippen LogP contribution in [0, 0.1) is 11.3 Å². The topological polar surface area (TPSA) is 79.4 Å². The van der Waals surface area contributed by atoms with Gasteiger partial charge in [0.25, 0.3) is 5.91 Å². The molecule has 18 heavy (non-hydrogen) atoms. The van der Waals surface area contributed by atoms with Gasteiger partial charge in [-0.3, -0.25) is 4.79 Å². The summed E-state index contributed by atoms with van der Waals surface area (Å²) < 4.78 is 9.87. The molecular formula is C12H17N3O3. The predicted molar refractivity (Wildman–Crippen MR) is 63.6 cm³/mol. The Morgan fingerprint density at radius 3 is 2.94 bits per heavy atom. The molecule has 1 aromatic heterocycles. The Morgan fingerprint density at radius 2 is 2.39 bits per heavy atom. The van der Waals surface area contributed by atoms with Crippen molar-refractivity contribution in [3.8, 4) is 6.07 Å². The molecule has 0 spiro atoms. The van der Waals surface area contributed by atoms with E-state index in [9.17, 15) is 4.79 Å². The highest BCUT2D eigenvalue weighted by atomic mass is 16.5. The zero-order valence-corrected chi connectivity index (χ0v) is 10.8. The standard InChI is InChI=1S/C12H17N3O3/c1-9(2)15(6-4-5-13)12(16)11-7-10(8-17-3)18-14-11/h7,9H,4,6,8H2,1-3H3. The molecule has 0 unspecified atom stereocenters. The molecule has 1 amide bonds. The summed E-state index contributed by atoms with van der Waals surface area (Å²) >= 11 is 0. The van der Waals surface area contributed by atoms with Crippen LogP contribution in [0.15, 0.2) is 10.6 Å². The van der Waals surface area contributed by atoms with Crippen molar-refractivity contribution in [1.82, 2.24) is 10.1 Å². The number of carbonyl (C=O) groups is 1. The maximum absolute atomic E-state index is 12.2. The Labute approximate surface area is 106 Å². The predicted octanol–water partition coefficient (Wildman–Crippen LogP) is 1.59. The van der Waals surface area contributed by atoms with Crippen molar-refractivity contribution in [1.29, 1.82) is 5.26 Å². The quantitative estimate of drug-likeness (QED) is 0.767. The van der Waals surface area contributed by atoms with Crippen LogP contribution in [0.2, 0.25) is 0 Å². The van der Waals surface area contributed by atoms with Gasteiger partial charge < -0.3 is 14.2 Å². The first-order valence-electron chi connectivity index (χ1n) is 5.72. The molecule has 0 aliphatic heterocycles. The van der Waals surface area contributed by atoms with E-state index in [0.29, 0.717) is 18.7 Å². The second-order valence-corrected chi connectivity index (χ2v) is 4.11. The van der Waals surface area contributed by atoms with Gasteiger partial charge in [0.15, 0.2) is 11.5 Å². The molecule has 0 aromatic carbocycles. The van der Waals surface area contributed by atoms with Crippen molar-refractivity contribution in [3.05, 3.63) is 17.5 Å². The van der Waals surface area contributed by atoms with Crippen LogP contribution >= 0.6 is 0 Å². The van der Waals surface area contributed by atoms with Gasteiger partial charge in [0, 0.05) is 25.8 Å². The number of carbonyl (C=O) groups excluding carboxylic acids is 1. The van der Waals surface area contributed by atoms with E-state index >= 15 is 0 Å². The van der Waals surface area contributed by atoms with Gasteiger partial charge in [-0.2, -0.15) is 5.26 Å². The van der Waals surface area contributed by atoms with Gasteiger partial charge in [0.1, 0.15) is 6.61 Å². The highest BCUT2D eigenvalue weighted by molar-refractivity contribution is 5.92. The Morgan fingerprint density at radius 1 is 1.67 bits per heavy atom. The van der Waals surface area contributed by atoms with Crippen LogP contribution in [-0.4, -0.2) is 35.7 Å². The lowest BCUT2D eigenvalue weighted by molar-refractivity contribution is 0.0699. The molecule has 0 N–H and O–H groups in total. The molecule has 0 fully saturated rings. The third-order valence-electron chi connectivity index (χ3n) is 2.41. The van der Waals surface area contributed by atoms with Gasteiger partial charge in [0.05, 0.1) is 12.5 Å². The van der Waals surface area contributed by atoms with Crippen LogP contribution < -0.4 is 0 Å². The Kier molecular flexibility index (Phi) is 5.33. The Bertz CT molecular complexity index is 434. The van der Waals surface area contributed by atoms with Gasteiger partial charge in [-0.15, -0.1) is 0 Å². The van der Waals surface area contributed by atoms with E-state index in [1.54, 1.807) is 11.0 Å². The molecule has 0 saturated heterocycles. The number of methoxy groups -OCH3 is 1. The Hall–Kier alpha value is -1.87. The van der Waals surface area contributed by atoms with Crippen molar-refractivity contribution < 1.29 is 14.1 Å². The molecular weight excluding hydrogens is 234 g/mol. The Balaban J connectivity index is 2.78. The van der Waals surface area contributed by atoms with Crippen LogP contribution in [0.1, 0.15) is 36.5 Å². The molecule has 1 aromatic rings. The van der Waals surface area contributed by atoms with Crippen LogP contribution in [0.4, 0.5) is 0 Å². The van der Waals surface area contributed by atoms with Crippen LogP contribution in [0.5, 0.6) is 0 Å². The second kappa shape index (κ2) is 6.77. The third-order valence-corrected chi connectivity index (χ3v) is 2.41. The number of hydrogen-bond acceptors (Lipinski definition) is 5. The van der Waals surface area contributed by atoms with Crippen LogP contribution in [0.25, 0.3) is 0 Å². The van der Waals surface area contributed by atoms with E-state index in [4.69, 9.17) is 14.5 Å².